The fourth-order valence-electron chi connectivity index (χ4n) is 3.46. The fraction of sp³-hybridized carbons (Fsp3) is 0.429. The molecule has 2 aromatic rings. The van der Waals surface area contributed by atoms with Gasteiger partial charge in [-0.25, -0.2) is 4.68 Å². The van der Waals surface area contributed by atoms with E-state index in [1.807, 2.05) is 30.7 Å². The van der Waals surface area contributed by atoms with Crippen LogP contribution in [0.1, 0.15) is 53.0 Å². The van der Waals surface area contributed by atoms with Gasteiger partial charge < -0.3 is 10.1 Å². The number of esters is 1. The lowest BCUT2D eigenvalue weighted by Gasteiger charge is -2.35. The highest BCUT2D eigenvalue weighted by atomic mass is 16.5. The fourth-order valence-corrected chi connectivity index (χ4v) is 3.46. The largest absolute Gasteiger partial charge is 0.469 e. The molecular formula is C21H24N4O3. The van der Waals surface area contributed by atoms with Gasteiger partial charge in [0.2, 0.25) is 0 Å². The normalized spacial score (nSPS) is 14.6. The third-order valence-corrected chi connectivity index (χ3v) is 5.40. The summed E-state index contributed by atoms with van der Waals surface area (Å²) in [5.74, 6) is -0.483. The van der Waals surface area contributed by atoms with Crippen molar-refractivity contribution in [3.8, 4) is 11.8 Å². The van der Waals surface area contributed by atoms with Gasteiger partial charge in [0.05, 0.1) is 24.6 Å². The van der Waals surface area contributed by atoms with Crippen LogP contribution >= 0.6 is 0 Å². The van der Waals surface area contributed by atoms with Gasteiger partial charge in [0, 0.05) is 17.7 Å². The second-order valence-electron chi connectivity index (χ2n) is 7.19. The van der Waals surface area contributed by atoms with Gasteiger partial charge in [-0.15, -0.1) is 0 Å². The molecule has 1 aliphatic rings. The Morgan fingerprint density at radius 2 is 1.96 bits per heavy atom. The number of methoxy groups -OCH3 is 1. The number of hydrogen-bond donors (Lipinski definition) is 1. The highest BCUT2D eigenvalue weighted by Gasteiger charge is 2.38. The number of ether oxygens (including phenoxy) is 1. The Kier molecular flexibility index (Phi) is 5.50. The van der Waals surface area contributed by atoms with E-state index in [9.17, 15) is 14.9 Å². The van der Waals surface area contributed by atoms with Gasteiger partial charge >= 0.3 is 5.97 Å². The molecule has 1 saturated carbocycles. The maximum atomic E-state index is 12.4. The summed E-state index contributed by atoms with van der Waals surface area (Å²) in [5.41, 5.74) is 3.48. The quantitative estimate of drug-likeness (QED) is 0.777. The molecule has 0 atom stereocenters. The van der Waals surface area contributed by atoms with Crippen LogP contribution in [0.2, 0.25) is 0 Å². The molecule has 3 rings (SSSR count). The standard InChI is InChI=1S/C21H24N4O3/c1-14-18(9-10-19(26)28-3)15(2)25(24-14)17-7-5-16(6-8-17)20(27)23-21(13-22)11-4-12-21/h5-8H,4,9-12H2,1-3H3,(H,23,27). The second-order valence-corrected chi connectivity index (χ2v) is 7.19. The number of hydrogen-bond acceptors (Lipinski definition) is 5. The smallest absolute Gasteiger partial charge is 0.305 e. The zero-order valence-corrected chi connectivity index (χ0v) is 16.4. The molecule has 0 radical (unpaired) electrons. The first-order valence-electron chi connectivity index (χ1n) is 9.35. The number of nitriles is 1. The molecule has 1 N–H and O–H groups in total. The Balaban J connectivity index is 1.75. The summed E-state index contributed by atoms with van der Waals surface area (Å²) in [6.45, 7) is 3.87. The van der Waals surface area contributed by atoms with Crippen molar-refractivity contribution in [2.24, 2.45) is 0 Å². The topological polar surface area (TPSA) is 97.0 Å². The highest BCUT2D eigenvalue weighted by Crippen LogP contribution is 2.31. The minimum absolute atomic E-state index is 0.236. The van der Waals surface area contributed by atoms with Crippen LogP contribution in [0.5, 0.6) is 0 Å². The summed E-state index contributed by atoms with van der Waals surface area (Å²) in [6.07, 6.45) is 3.24. The Morgan fingerprint density at radius 1 is 1.29 bits per heavy atom. The van der Waals surface area contributed by atoms with Crippen molar-refractivity contribution in [1.29, 1.82) is 5.26 Å². The number of amides is 1. The third-order valence-electron chi connectivity index (χ3n) is 5.40. The number of carbonyl (C=O) groups excluding carboxylic acids is 2. The van der Waals surface area contributed by atoms with Gasteiger partial charge in [0.15, 0.2) is 0 Å². The minimum atomic E-state index is -0.708. The lowest BCUT2D eigenvalue weighted by Crippen LogP contribution is -2.52. The van der Waals surface area contributed by atoms with Gasteiger partial charge in [-0.05, 0) is 69.4 Å². The maximum Gasteiger partial charge on any atom is 0.305 e. The van der Waals surface area contributed by atoms with Gasteiger partial charge in [0.1, 0.15) is 5.54 Å². The number of carbonyl (C=O) groups is 2. The van der Waals surface area contributed by atoms with Crippen molar-refractivity contribution >= 4 is 11.9 Å². The van der Waals surface area contributed by atoms with Crippen molar-refractivity contribution in [2.75, 3.05) is 7.11 Å². The number of aryl methyl sites for hydroxylation is 1. The van der Waals surface area contributed by atoms with Crippen molar-refractivity contribution in [3.63, 3.8) is 0 Å². The molecule has 1 heterocycles. The van der Waals surface area contributed by atoms with E-state index < -0.39 is 5.54 Å². The van der Waals surface area contributed by atoms with Crippen LogP contribution in [0.15, 0.2) is 24.3 Å². The summed E-state index contributed by atoms with van der Waals surface area (Å²) in [4.78, 5) is 23.9. The summed E-state index contributed by atoms with van der Waals surface area (Å²) in [5, 5.41) is 16.7. The second kappa shape index (κ2) is 7.85. The number of benzene rings is 1. The molecule has 146 valence electrons. The van der Waals surface area contributed by atoms with Gasteiger partial charge in [0.25, 0.3) is 5.91 Å². The molecule has 0 bridgehead atoms. The van der Waals surface area contributed by atoms with Gasteiger partial charge in [-0.2, -0.15) is 10.4 Å². The molecule has 7 heteroatoms. The molecule has 0 aliphatic heterocycles. The predicted octanol–water partition coefficient (Wildman–Crippen LogP) is 2.77. The van der Waals surface area contributed by atoms with Gasteiger partial charge in [-0.3, -0.25) is 9.59 Å². The van der Waals surface area contributed by atoms with E-state index in [1.54, 1.807) is 12.1 Å². The van der Waals surface area contributed by atoms with Crippen LogP contribution in [0.3, 0.4) is 0 Å². The number of nitrogens with one attached hydrogen (secondary N) is 1. The molecular weight excluding hydrogens is 356 g/mol. The SMILES string of the molecule is COC(=O)CCc1c(C)nn(-c2ccc(C(=O)NC3(C#N)CCC3)cc2)c1C. The summed E-state index contributed by atoms with van der Waals surface area (Å²) in [7, 11) is 1.38. The first-order chi connectivity index (χ1) is 13.4. The molecule has 1 aromatic heterocycles. The molecule has 1 aromatic carbocycles. The van der Waals surface area contributed by atoms with E-state index in [1.165, 1.54) is 7.11 Å². The van der Waals surface area contributed by atoms with E-state index in [0.717, 1.165) is 29.1 Å². The van der Waals surface area contributed by atoms with Crippen LogP contribution in [-0.2, 0) is 16.0 Å². The molecule has 0 spiro atoms. The average Bonchev–Trinajstić information content (AvgIpc) is 2.96. The van der Waals surface area contributed by atoms with Crippen LogP contribution in [0, 0.1) is 25.2 Å². The predicted molar refractivity (Wildman–Crippen MR) is 103 cm³/mol. The van der Waals surface area contributed by atoms with E-state index in [2.05, 4.69) is 16.5 Å². The summed E-state index contributed by atoms with van der Waals surface area (Å²) < 4.78 is 6.52. The molecule has 1 fully saturated rings. The van der Waals surface area contributed by atoms with Crippen LogP contribution in [0.25, 0.3) is 5.69 Å². The third kappa shape index (κ3) is 3.77. The Bertz CT molecular complexity index is 934. The lowest BCUT2D eigenvalue weighted by atomic mass is 9.78. The molecule has 1 amide bonds. The molecule has 7 nitrogen and oxygen atoms in total. The lowest BCUT2D eigenvalue weighted by molar-refractivity contribution is -0.140. The number of rotatable bonds is 6. The molecule has 28 heavy (non-hydrogen) atoms. The Hall–Kier alpha value is -3.14. The number of nitrogens with zero attached hydrogens (tertiary/aromatic N) is 3. The minimum Gasteiger partial charge on any atom is -0.469 e. The molecule has 0 saturated heterocycles. The van der Waals surface area contributed by atoms with Crippen molar-refractivity contribution < 1.29 is 14.3 Å². The summed E-state index contributed by atoms with van der Waals surface area (Å²) >= 11 is 0. The van der Waals surface area contributed by atoms with Crippen LogP contribution in [0.4, 0.5) is 0 Å². The maximum absolute atomic E-state index is 12.4. The van der Waals surface area contributed by atoms with Gasteiger partial charge in [-0.1, -0.05) is 0 Å². The van der Waals surface area contributed by atoms with E-state index >= 15 is 0 Å². The monoisotopic (exact) mass is 380 g/mol. The van der Waals surface area contributed by atoms with Crippen molar-refractivity contribution in [1.82, 2.24) is 15.1 Å². The molecule has 1 aliphatic carbocycles. The summed E-state index contributed by atoms with van der Waals surface area (Å²) in [6, 6.07) is 9.35. The molecule has 0 unspecified atom stereocenters. The zero-order valence-electron chi connectivity index (χ0n) is 16.4. The Labute approximate surface area is 164 Å². The van der Waals surface area contributed by atoms with E-state index in [4.69, 9.17) is 4.74 Å². The van der Waals surface area contributed by atoms with Crippen LogP contribution in [-0.4, -0.2) is 34.3 Å². The van der Waals surface area contributed by atoms with E-state index in [0.29, 0.717) is 31.2 Å². The average molecular weight is 380 g/mol. The van der Waals surface area contributed by atoms with Crippen LogP contribution < -0.4 is 5.32 Å². The highest BCUT2D eigenvalue weighted by molar-refractivity contribution is 5.95. The zero-order chi connectivity index (χ0) is 20.3. The Morgan fingerprint density at radius 3 is 2.50 bits per heavy atom. The first kappa shape index (κ1) is 19.6. The number of aromatic nitrogens is 2. The first-order valence-corrected chi connectivity index (χ1v) is 9.35. The van der Waals surface area contributed by atoms with Crippen molar-refractivity contribution in [3.05, 3.63) is 46.8 Å². The van der Waals surface area contributed by atoms with E-state index in [-0.39, 0.29) is 11.9 Å². The van der Waals surface area contributed by atoms with Crippen molar-refractivity contribution in [2.45, 2.75) is 51.5 Å².